The molecule has 156 valence electrons. The number of non-ortho nitro benzene ring substituents is 1. The van der Waals surface area contributed by atoms with Crippen molar-refractivity contribution in [3.05, 3.63) is 75.8 Å². The number of amides is 1. The largest absolute Gasteiger partial charge is 0.445 e. The van der Waals surface area contributed by atoms with Crippen LogP contribution in [0.25, 0.3) is 0 Å². The van der Waals surface area contributed by atoms with Gasteiger partial charge in [0.05, 0.1) is 17.5 Å². The molecule has 0 saturated carbocycles. The molecule has 1 amide bonds. The van der Waals surface area contributed by atoms with Crippen LogP contribution < -0.4 is 11.1 Å². The Balaban J connectivity index is 2.09. The van der Waals surface area contributed by atoms with Crippen LogP contribution in [-0.2, 0) is 17.8 Å². The van der Waals surface area contributed by atoms with Gasteiger partial charge in [0.15, 0.2) is 0 Å². The average molecular weight is 409 g/mol. The van der Waals surface area contributed by atoms with Gasteiger partial charge in [-0.3, -0.25) is 10.1 Å². The maximum Gasteiger partial charge on any atom is 0.407 e. The molecule has 2 unspecified atom stereocenters. The lowest BCUT2D eigenvalue weighted by molar-refractivity contribution is -0.384. The lowest BCUT2D eigenvalue weighted by Crippen LogP contribution is -2.55. The number of nitro benzene ring substituents is 1. The second-order valence-corrected chi connectivity index (χ2v) is 6.35. The quantitative estimate of drug-likeness (QED) is 0.431. The van der Waals surface area contributed by atoms with E-state index < -0.39 is 35.6 Å². The van der Waals surface area contributed by atoms with Crippen LogP contribution in [0.1, 0.15) is 11.1 Å². The first-order valence-electron chi connectivity index (χ1n) is 8.69. The number of halogens is 2. The predicted octanol–water partition coefficient (Wildman–Crippen LogP) is 2.39. The van der Waals surface area contributed by atoms with Crippen LogP contribution >= 0.6 is 0 Å². The normalized spacial score (nSPS) is 13.4. The number of nitro groups is 1. The monoisotopic (exact) mass is 409 g/mol. The number of alkyl halides is 2. The number of carbonyl (C=O) groups excluding carboxylic acids is 1. The Kier molecular flexibility index (Phi) is 7.57. The third-order valence-corrected chi connectivity index (χ3v) is 4.20. The Labute approximate surface area is 165 Å². The summed E-state index contributed by atoms with van der Waals surface area (Å²) in [5.41, 5.74) is 5.95. The van der Waals surface area contributed by atoms with Gasteiger partial charge in [-0.05, 0) is 17.5 Å². The van der Waals surface area contributed by atoms with Crippen LogP contribution in [0.5, 0.6) is 0 Å². The van der Waals surface area contributed by atoms with Crippen molar-refractivity contribution < 1.29 is 28.3 Å². The van der Waals surface area contributed by atoms with E-state index >= 15 is 0 Å². The fraction of sp³-hybridized carbons (Fsp3) is 0.316. The molecule has 0 heterocycles. The molecule has 10 heteroatoms. The lowest BCUT2D eigenvalue weighted by atomic mass is 9.97. The first-order valence-corrected chi connectivity index (χ1v) is 8.69. The number of aliphatic hydroxyl groups is 1. The molecule has 0 fully saturated rings. The Hall–Kier alpha value is -3.11. The molecule has 2 atom stereocenters. The maximum atomic E-state index is 13.9. The van der Waals surface area contributed by atoms with E-state index in [4.69, 9.17) is 10.5 Å². The molecule has 4 N–H and O–H groups in total. The summed E-state index contributed by atoms with van der Waals surface area (Å²) in [5.74, 6) is -3.65. The molecule has 0 spiro atoms. The number of nitrogens with one attached hydrogen (secondary N) is 1. The molecule has 29 heavy (non-hydrogen) atoms. The zero-order chi connectivity index (χ0) is 21.4. The molecule has 8 nitrogen and oxygen atoms in total. The van der Waals surface area contributed by atoms with Gasteiger partial charge < -0.3 is 20.9 Å². The summed E-state index contributed by atoms with van der Waals surface area (Å²) >= 11 is 0. The van der Waals surface area contributed by atoms with Gasteiger partial charge in [-0.15, -0.1) is 0 Å². The minimum atomic E-state index is -3.65. The van der Waals surface area contributed by atoms with E-state index in [2.05, 4.69) is 5.32 Å². The Morgan fingerprint density at radius 2 is 1.79 bits per heavy atom. The Morgan fingerprint density at radius 1 is 1.17 bits per heavy atom. The second-order valence-electron chi connectivity index (χ2n) is 6.35. The van der Waals surface area contributed by atoms with Gasteiger partial charge in [0.2, 0.25) is 0 Å². The van der Waals surface area contributed by atoms with E-state index in [0.29, 0.717) is 11.1 Å². The first kappa shape index (κ1) is 22.2. The summed E-state index contributed by atoms with van der Waals surface area (Å²) in [7, 11) is 0. The molecule has 2 rings (SSSR count). The zero-order valence-corrected chi connectivity index (χ0v) is 15.3. The zero-order valence-electron chi connectivity index (χ0n) is 15.3. The summed E-state index contributed by atoms with van der Waals surface area (Å²) in [6.07, 6.45) is -3.49. The number of nitrogens with zero attached hydrogens (tertiary/aromatic N) is 1. The number of hydrogen-bond acceptors (Lipinski definition) is 6. The van der Waals surface area contributed by atoms with E-state index in [9.17, 15) is 28.8 Å². The molecule has 0 bridgehead atoms. The molecule has 0 aliphatic rings. The third kappa shape index (κ3) is 6.47. The van der Waals surface area contributed by atoms with Crippen molar-refractivity contribution in [1.29, 1.82) is 0 Å². The topological polar surface area (TPSA) is 128 Å². The van der Waals surface area contributed by atoms with Crippen LogP contribution in [-0.4, -0.2) is 40.7 Å². The third-order valence-electron chi connectivity index (χ3n) is 4.20. The fourth-order valence-electron chi connectivity index (χ4n) is 2.58. The summed E-state index contributed by atoms with van der Waals surface area (Å²) < 4.78 is 32.8. The van der Waals surface area contributed by atoms with Crippen LogP contribution in [0.2, 0.25) is 0 Å². The summed E-state index contributed by atoms with van der Waals surface area (Å²) in [4.78, 5) is 22.2. The highest BCUT2D eigenvalue weighted by Gasteiger charge is 2.42. The van der Waals surface area contributed by atoms with Crippen LogP contribution in [0, 0.1) is 10.1 Å². The molecule has 0 aliphatic carbocycles. The van der Waals surface area contributed by atoms with E-state index in [1.165, 1.54) is 24.3 Å². The van der Waals surface area contributed by atoms with E-state index in [1.807, 2.05) is 0 Å². The van der Waals surface area contributed by atoms with Crippen LogP contribution in [0.3, 0.4) is 0 Å². The molecule has 2 aromatic carbocycles. The smallest absolute Gasteiger partial charge is 0.407 e. The van der Waals surface area contributed by atoms with Crippen molar-refractivity contribution in [1.82, 2.24) is 5.32 Å². The number of nitrogens with two attached hydrogens (primary N) is 1. The van der Waals surface area contributed by atoms with Crippen LogP contribution in [0.4, 0.5) is 19.3 Å². The highest BCUT2D eigenvalue weighted by atomic mass is 19.3. The SMILES string of the molecule is NCC(F)(F)C(O)C(Cc1ccc([N+](=O)[O-])cc1)NC(=O)OCc1ccccc1. The van der Waals surface area contributed by atoms with Gasteiger partial charge in [0, 0.05) is 12.1 Å². The van der Waals surface area contributed by atoms with Gasteiger partial charge in [0.1, 0.15) is 12.7 Å². The molecule has 0 aliphatic heterocycles. The summed E-state index contributed by atoms with van der Waals surface area (Å²) in [6.45, 7) is -1.20. The number of rotatable bonds is 9. The minimum absolute atomic E-state index is 0.0830. The number of carbonyl (C=O) groups is 1. The van der Waals surface area contributed by atoms with Crippen molar-refractivity contribution in [2.75, 3.05) is 6.54 Å². The molecule has 2 aromatic rings. The lowest BCUT2D eigenvalue weighted by Gasteiger charge is -2.29. The molecule has 0 radical (unpaired) electrons. The Bertz CT molecular complexity index is 818. The molecular weight excluding hydrogens is 388 g/mol. The highest BCUT2D eigenvalue weighted by Crippen LogP contribution is 2.23. The number of alkyl carbamates (subject to hydrolysis) is 1. The number of hydrogen-bond donors (Lipinski definition) is 3. The van der Waals surface area contributed by atoms with Gasteiger partial charge in [0.25, 0.3) is 11.6 Å². The highest BCUT2D eigenvalue weighted by molar-refractivity contribution is 5.67. The van der Waals surface area contributed by atoms with E-state index in [0.717, 1.165) is 0 Å². The van der Waals surface area contributed by atoms with E-state index in [-0.39, 0.29) is 18.7 Å². The minimum Gasteiger partial charge on any atom is -0.445 e. The molecular formula is C19H21F2N3O5. The molecule has 0 aromatic heterocycles. The van der Waals surface area contributed by atoms with E-state index in [1.54, 1.807) is 30.3 Å². The van der Waals surface area contributed by atoms with Crippen molar-refractivity contribution in [3.8, 4) is 0 Å². The number of ether oxygens (including phenoxy) is 1. The second kappa shape index (κ2) is 9.89. The fourth-order valence-corrected chi connectivity index (χ4v) is 2.58. The van der Waals surface area contributed by atoms with Gasteiger partial charge in [-0.1, -0.05) is 42.5 Å². The van der Waals surface area contributed by atoms with Gasteiger partial charge in [-0.25, -0.2) is 13.6 Å². The predicted molar refractivity (Wildman–Crippen MR) is 100 cm³/mol. The van der Waals surface area contributed by atoms with Crippen molar-refractivity contribution in [3.63, 3.8) is 0 Å². The van der Waals surface area contributed by atoms with Crippen molar-refractivity contribution in [2.45, 2.75) is 31.1 Å². The number of benzene rings is 2. The Morgan fingerprint density at radius 3 is 2.34 bits per heavy atom. The first-order chi connectivity index (χ1) is 13.7. The summed E-state index contributed by atoms with van der Waals surface area (Å²) in [5, 5.41) is 23.0. The van der Waals surface area contributed by atoms with Crippen molar-refractivity contribution >= 4 is 11.8 Å². The summed E-state index contributed by atoms with van der Waals surface area (Å²) in [6, 6.07) is 12.4. The number of aliphatic hydroxyl groups excluding tert-OH is 1. The molecule has 0 saturated heterocycles. The standard InChI is InChI=1S/C19H21F2N3O5/c20-19(21,12-22)17(25)16(10-13-6-8-15(9-7-13)24(27)28)23-18(26)29-11-14-4-2-1-3-5-14/h1-9,16-17,25H,10-12,22H2,(H,23,26). The van der Waals surface area contributed by atoms with Crippen molar-refractivity contribution in [2.24, 2.45) is 5.73 Å². The van der Waals surface area contributed by atoms with Crippen LogP contribution in [0.15, 0.2) is 54.6 Å². The van der Waals surface area contributed by atoms with Gasteiger partial charge >= 0.3 is 6.09 Å². The van der Waals surface area contributed by atoms with Gasteiger partial charge in [-0.2, -0.15) is 0 Å². The maximum absolute atomic E-state index is 13.9. The average Bonchev–Trinajstić information content (AvgIpc) is 2.72.